The van der Waals surface area contributed by atoms with Gasteiger partial charge < -0.3 is 15.3 Å². The Bertz CT molecular complexity index is 519. The zero-order valence-corrected chi connectivity index (χ0v) is 16.6. The number of nitrogens with two attached hydrogens (primary N) is 1. The smallest absolute Gasteiger partial charge is 0.191 e. The Morgan fingerprint density at radius 3 is 2.36 bits per heavy atom. The van der Waals surface area contributed by atoms with Crippen LogP contribution in [0.25, 0.3) is 0 Å². The van der Waals surface area contributed by atoms with Gasteiger partial charge in [0.05, 0.1) is 4.47 Å². The van der Waals surface area contributed by atoms with Crippen LogP contribution in [0.5, 0.6) is 0 Å². The molecule has 0 aliphatic rings. The SMILES string of the molecule is CC(C)(C)[Si](C)(C)OCC[C@](O)(CN)c1ccc(F)c(Br)c1. The minimum absolute atomic E-state index is 0.0614. The molecule has 0 saturated carbocycles. The van der Waals surface area contributed by atoms with Gasteiger partial charge in [0.2, 0.25) is 0 Å². The van der Waals surface area contributed by atoms with Gasteiger partial charge in [0.25, 0.3) is 0 Å². The fourth-order valence-electron chi connectivity index (χ4n) is 1.84. The molecule has 3 N–H and O–H groups in total. The van der Waals surface area contributed by atoms with E-state index in [9.17, 15) is 9.50 Å². The normalized spacial score (nSPS) is 15.7. The maximum atomic E-state index is 13.4. The van der Waals surface area contributed by atoms with E-state index in [2.05, 4.69) is 49.8 Å². The molecule has 22 heavy (non-hydrogen) atoms. The molecule has 1 aromatic carbocycles. The Hall–Kier alpha value is -0.273. The molecule has 0 aliphatic heterocycles. The van der Waals surface area contributed by atoms with Gasteiger partial charge in [0.15, 0.2) is 8.32 Å². The summed E-state index contributed by atoms with van der Waals surface area (Å²) in [4.78, 5) is 0. The van der Waals surface area contributed by atoms with E-state index in [0.29, 0.717) is 23.1 Å². The summed E-state index contributed by atoms with van der Waals surface area (Å²) in [6.07, 6.45) is 0.383. The van der Waals surface area contributed by atoms with E-state index in [-0.39, 0.29) is 17.4 Å². The Morgan fingerprint density at radius 1 is 1.32 bits per heavy atom. The van der Waals surface area contributed by atoms with Crippen molar-refractivity contribution in [2.24, 2.45) is 5.73 Å². The number of rotatable bonds is 6. The molecule has 1 rings (SSSR count). The first kappa shape index (κ1) is 19.8. The van der Waals surface area contributed by atoms with Crippen molar-refractivity contribution in [3.63, 3.8) is 0 Å². The molecule has 0 spiro atoms. The van der Waals surface area contributed by atoms with Crippen molar-refractivity contribution in [2.45, 2.75) is 50.9 Å². The monoisotopic (exact) mass is 391 g/mol. The molecule has 6 heteroatoms. The molecule has 3 nitrogen and oxygen atoms in total. The first-order chi connectivity index (χ1) is 9.93. The molecular weight excluding hydrogens is 365 g/mol. The molecule has 126 valence electrons. The highest BCUT2D eigenvalue weighted by atomic mass is 79.9. The highest BCUT2D eigenvalue weighted by Gasteiger charge is 2.38. The van der Waals surface area contributed by atoms with Crippen LogP contribution in [0.1, 0.15) is 32.8 Å². The quantitative estimate of drug-likeness (QED) is 0.716. The van der Waals surface area contributed by atoms with Crippen molar-refractivity contribution in [1.29, 1.82) is 0 Å². The van der Waals surface area contributed by atoms with Gasteiger partial charge in [-0.1, -0.05) is 26.8 Å². The van der Waals surface area contributed by atoms with E-state index in [1.165, 1.54) is 6.07 Å². The first-order valence-electron chi connectivity index (χ1n) is 7.45. The van der Waals surface area contributed by atoms with Crippen LogP contribution in [0, 0.1) is 5.82 Å². The van der Waals surface area contributed by atoms with Crippen LogP contribution in [-0.2, 0) is 10.0 Å². The number of aliphatic hydroxyl groups is 1. The second kappa shape index (κ2) is 7.09. The standard InChI is InChI=1S/C16H27BrFNO2Si/c1-15(2,3)22(4,5)21-9-8-16(20,11-19)12-6-7-14(18)13(17)10-12/h6-7,10,20H,8-9,11,19H2,1-5H3/t16-/m0/s1. The lowest BCUT2D eigenvalue weighted by molar-refractivity contribution is 0.0215. The van der Waals surface area contributed by atoms with Gasteiger partial charge in [-0.25, -0.2) is 4.39 Å². The summed E-state index contributed by atoms with van der Waals surface area (Å²) in [5, 5.41) is 10.9. The third-order valence-corrected chi connectivity index (χ3v) is 9.73. The van der Waals surface area contributed by atoms with Crippen LogP contribution in [0.3, 0.4) is 0 Å². The van der Waals surface area contributed by atoms with Crippen LogP contribution in [0.4, 0.5) is 4.39 Å². The first-order valence-corrected chi connectivity index (χ1v) is 11.1. The molecule has 0 aromatic heterocycles. The average molecular weight is 392 g/mol. The summed E-state index contributed by atoms with van der Waals surface area (Å²) in [5.41, 5.74) is 5.15. The molecule has 0 saturated heterocycles. The van der Waals surface area contributed by atoms with Crippen LogP contribution < -0.4 is 5.73 Å². The summed E-state index contributed by atoms with van der Waals surface area (Å²) < 4.78 is 19.8. The molecule has 0 radical (unpaired) electrons. The second-order valence-electron chi connectivity index (χ2n) is 7.22. The van der Waals surface area contributed by atoms with Crippen molar-refractivity contribution in [1.82, 2.24) is 0 Å². The molecule has 0 aliphatic carbocycles. The Morgan fingerprint density at radius 2 is 1.91 bits per heavy atom. The molecule has 0 fully saturated rings. The number of hydrogen-bond donors (Lipinski definition) is 2. The minimum atomic E-state index is -1.86. The molecule has 1 atom stereocenters. The van der Waals surface area contributed by atoms with E-state index in [1.54, 1.807) is 12.1 Å². The zero-order valence-electron chi connectivity index (χ0n) is 14.0. The lowest BCUT2D eigenvalue weighted by Gasteiger charge is -2.37. The fourth-order valence-corrected chi connectivity index (χ4v) is 3.27. The van der Waals surface area contributed by atoms with Crippen LogP contribution >= 0.6 is 15.9 Å². The Kier molecular flexibility index (Phi) is 6.37. The topological polar surface area (TPSA) is 55.5 Å². The van der Waals surface area contributed by atoms with Crippen molar-refractivity contribution < 1.29 is 13.9 Å². The van der Waals surface area contributed by atoms with Crippen LogP contribution in [0.15, 0.2) is 22.7 Å². The fraction of sp³-hybridized carbons (Fsp3) is 0.625. The van der Waals surface area contributed by atoms with Crippen molar-refractivity contribution in [2.75, 3.05) is 13.2 Å². The largest absolute Gasteiger partial charge is 0.417 e. The average Bonchev–Trinajstić information content (AvgIpc) is 2.40. The van der Waals surface area contributed by atoms with E-state index in [0.717, 1.165) is 0 Å². The van der Waals surface area contributed by atoms with Crippen LogP contribution in [0.2, 0.25) is 18.1 Å². The second-order valence-corrected chi connectivity index (χ2v) is 12.9. The number of hydrogen-bond acceptors (Lipinski definition) is 3. The van der Waals surface area contributed by atoms with Crippen molar-refractivity contribution >= 4 is 24.2 Å². The van der Waals surface area contributed by atoms with Gasteiger partial charge in [0.1, 0.15) is 11.4 Å². The summed E-state index contributed by atoms with van der Waals surface area (Å²) in [6.45, 7) is 11.3. The van der Waals surface area contributed by atoms with Gasteiger partial charge in [-0.3, -0.25) is 0 Å². The Labute approximate surface area is 142 Å². The Balaban J connectivity index is 2.81. The third kappa shape index (κ3) is 4.61. The van der Waals surface area contributed by atoms with E-state index in [4.69, 9.17) is 10.2 Å². The van der Waals surface area contributed by atoms with Crippen LogP contribution in [-0.4, -0.2) is 26.6 Å². The highest BCUT2D eigenvalue weighted by molar-refractivity contribution is 9.10. The molecule has 0 bridgehead atoms. The minimum Gasteiger partial charge on any atom is -0.417 e. The predicted octanol–water partition coefficient (Wildman–Crippen LogP) is 4.15. The molecular formula is C16H27BrFNO2Si. The molecule has 0 heterocycles. The number of benzene rings is 1. The zero-order chi connectivity index (χ0) is 17.2. The van der Waals surface area contributed by atoms with Gasteiger partial charge >= 0.3 is 0 Å². The maximum absolute atomic E-state index is 13.4. The maximum Gasteiger partial charge on any atom is 0.191 e. The number of halogens is 2. The molecule has 0 amide bonds. The summed E-state index contributed by atoms with van der Waals surface area (Å²) in [5.74, 6) is -0.361. The van der Waals surface area contributed by atoms with E-state index in [1.807, 2.05) is 0 Å². The third-order valence-electron chi connectivity index (χ3n) is 4.58. The highest BCUT2D eigenvalue weighted by Crippen LogP contribution is 2.37. The van der Waals surface area contributed by atoms with Crippen molar-refractivity contribution in [3.8, 4) is 0 Å². The van der Waals surface area contributed by atoms with Gasteiger partial charge in [-0.05, 0) is 51.8 Å². The van der Waals surface area contributed by atoms with E-state index < -0.39 is 13.9 Å². The van der Waals surface area contributed by atoms with E-state index >= 15 is 0 Å². The summed E-state index contributed by atoms with van der Waals surface area (Å²) in [6, 6.07) is 4.47. The predicted molar refractivity (Wildman–Crippen MR) is 94.8 cm³/mol. The van der Waals surface area contributed by atoms with Crippen molar-refractivity contribution in [3.05, 3.63) is 34.1 Å². The van der Waals surface area contributed by atoms with Gasteiger partial charge in [-0.2, -0.15) is 0 Å². The summed E-state index contributed by atoms with van der Waals surface area (Å²) >= 11 is 3.14. The molecule has 0 unspecified atom stereocenters. The molecule has 1 aromatic rings. The summed E-state index contributed by atoms with van der Waals surface area (Å²) in [7, 11) is -1.86. The van der Waals surface area contributed by atoms with Gasteiger partial charge in [-0.15, -0.1) is 0 Å². The lowest BCUT2D eigenvalue weighted by atomic mass is 9.91. The van der Waals surface area contributed by atoms with Gasteiger partial charge in [0, 0.05) is 19.6 Å². The lowest BCUT2D eigenvalue weighted by Crippen LogP contribution is -2.43.